The van der Waals surface area contributed by atoms with Crippen LogP contribution in [0.4, 0.5) is 10.5 Å². The smallest absolute Gasteiger partial charge is 0.408 e. The average molecular weight is 561 g/mol. The van der Waals surface area contributed by atoms with Crippen LogP contribution in [0.1, 0.15) is 44.4 Å². The SMILES string of the molecule is CSCCC(NC(=O)OC(C)(C)C)C(=O)N(CC#N)C(C(=O)Nc1ccc2ccccc2c1)c1cccc(C)c1. The molecule has 0 aliphatic rings. The van der Waals surface area contributed by atoms with E-state index in [-0.39, 0.29) is 6.54 Å². The quantitative estimate of drug-likeness (QED) is 0.302. The molecule has 2 unspecified atom stereocenters. The molecule has 0 aliphatic carbocycles. The highest BCUT2D eigenvalue weighted by atomic mass is 32.2. The molecule has 3 aromatic rings. The fraction of sp³-hybridized carbons (Fsp3) is 0.355. The summed E-state index contributed by atoms with van der Waals surface area (Å²) in [7, 11) is 0. The largest absolute Gasteiger partial charge is 0.444 e. The predicted molar refractivity (Wildman–Crippen MR) is 160 cm³/mol. The number of benzene rings is 3. The van der Waals surface area contributed by atoms with E-state index in [2.05, 4.69) is 10.6 Å². The Labute approximate surface area is 240 Å². The second-order valence-corrected chi connectivity index (χ2v) is 11.5. The summed E-state index contributed by atoms with van der Waals surface area (Å²) in [6.45, 7) is 6.74. The van der Waals surface area contributed by atoms with Crippen molar-refractivity contribution >= 4 is 46.1 Å². The molecule has 0 spiro atoms. The molecule has 2 atom stereocenters. The number of nitrogens with one attached hydrogen (secondary N) is 2. The number of hydrogen-bond donors (Lipinski definition) is 2. The van der Waals surface area contributed by atoms with Crippen LogP contribution in [0.2, 0.25) is 0 Å². The molecule has 0 saturated carbocycles. The van der Waals surface area contributed by atoms with Gasteiger partial charge in [-0.05, 0) is 74.6 Å². The van der Waals surface area contributed by atoms with Crippen LogP contribution < -0.4 is 10.6 Å². The first-order valence-electron chi connectivity index (χ1n) is 13.0. The zero-order valence-corrected chi connectivity index (χ0v) is 24.4. The van der Waals surface area contributed by atoms with Crippen LogP contribution in [0.15, 0.2) is 66.7 Å². The van der Waals surface area contributed by atoms with Crippen molar-refractivity contribution in [3.05, 3.63) is 77.9 Å². The van der Waals surface area contributed by atoms with Crippen molar-refractivity contribution in [3.63, 3.8) is 0 Å². The van der Waals surface area contributed by atoms with Crippen LogP contribution in [-0.2, 0) is 14.3 Å². The van der Waals surface area contributed by atoms with Gasteiger partial charge in [0.15, 0.2) is 0 Å². The van der Waals surface area contributed by atoms with Gasteiger partial charge in [0.2, 0.25) is 5.91 Å². The second-order valence-electron chi connectivity index (χ2n) is 10.5. The van der Waals surface area contributed by atoms with Gasteiger partial charge in [-0.2, -0.15) is 17.0 Å². The molecule has 2 N–H and O–H groups in total. The summed E-state index contributed by atoms with van der Waals surface area (Å²) >= 11 is 1.52. The fourth-order valence-electron chi connectivity index (χ4n) is 4.31. The van der Waals surface area contributed by atoms with E-state index >= 15 is 0 Å². The first kappa shape index (κ1) is 30.5. The first-order chi connectivity index (χ1) is 19.0. The molecule has 40 heavy (non-hydrogen) atoms. The van der Waals surface area contributed by atoms with E-state index in [9.17, 15) is 19.6 Å². The van der Waals surface area contributed by atoms with Gasteiger partial charge in [-0.15, -0.1) is 0 Å². The molecule has 0 aliphatic heterocycles. The minimum absolute atomic E-state index is 0.300. The van der Waals surface area contributed by atoms with E-state index in [1.54, 1.807) is 39.0 Å². The standard InChI is InChI=1S/C31H36N4O4S/c1-21-9-8-12-24(19-21)27(28(36)33-25-14-13-22-10-6-7-11-23(22)20-25)35(17-16-32)29(37)26(15-18-40-5)34-30(38)39-31(2,3)4/h6-14,19-20,26-27H,15,17-18H2,1-5H3,(H,33,36)(H,34,38). The van der Waals surface area contributed by atoms with Crippen molar-refractivity contribution in [2.75, 3.05) is 23.9 Å². The Bertz CT molecular complexity index is 1400. The number of nitrogens with zero attached hydrogens (tertiary/aromatic N) is 2. The Balaban J connectivity index is 1.99. The van der Waals surface area contributed by atoms with Crippen molar-refractivity contribution in [2.24, 2.45) is 0 Å². The molecule has 3 amide bonds. The van der Waals surface area contributed by atoms with Crippen LogP contribution in [0, 0.1) is 18.3 Å². The number of alkyl carbamates (subject to hydrolysis) is 1. The molecule has 9 heteroatoms. The molecular formula is C31H36N4O4S. The zero-order valence-electron chi connectivity index (χ0n) is 23.6. The van der Waals surface area contributed by atoms with Gasteiger partial charge < -0.3 is 20.3 Å². The lowest BCUT2D eigenvalue weighted by Crippen LogP contribution is -2.52. The normalized spacial score (nSPS) is 12.6. The number of hydrogen-bond acceptors (Lipinski definition) is 6. The molecular weight excluding hydrogens is 524 g/mol. The number of rotatable bonds is 10. The highest BCUT2D eigenvalue weighted by Gasteiger charge is 2.36. The van der Waals surface area contributed by atoms with Gasteiger partial charge in [0.05, 0.1) is 6.07 Å². The molecule has 0 aromatic heterocycles. The van der Waals surface area contributed by atoms with Gasteiger partial charge in [-0.25, -0.2) is 4.79 Å². The molecule has 0 heterocycles. The third-order valence-electron chi connectivity index (χ3n) is 6.06. The summed E-state index contributed by atoms with van der Waals surface area (Å²) in [5.74, 6) is -0.433. The summed E-state index contributed by atoms with van der Waals surface area (Å²) < 4.78 is 5.39. The maximum atomic E-state index is 14.0. The molecule has 0 fully saturated rings. The number of carbonyl (C=O) groups is 3. The summed E-state index contributed by atoms with van der Waals surface area (Å²) in [6.07, 6.45) is 1.46. The Morgan fingerprint density at radius 3 is 2.40 bits per heavy atom. The second kappa shape index (κ2) is 13.9. The number of anilines is 1. The van der Waals surface area contributed by atoms with Gasteiger partial charge in [0.25, 0.3) is 5.91 Å². The van der Waals surface area contributed by atoms with E-state index < -0.39 is 35.6 Å². The zero-order chi connectivity index (χ0) is 29.3. The van der Waals surface area contributed by atoms with Crippen LogP contribution in [0.3, 0.4) is 0 Å². The number of fused-ring (bicyclic) bond motifs is 1. The Morgan fingerprint density at radius 2 is 1.75 bits per heavy atom. The highest BCUT2D eigenvalue weighted by Crippen LogP contribution is 2.27. The van der Waals surface area contributed by atoms with E-state index in [4.69, 9.17) is 4.74 Å². The van der Waals surface area contributed by atoms with Crippen molar-refractivity contribution in [2.45, 2.75) is 51.8 Å². The maximum absolute atomic E-state index is 14.0. The minimum Gasteiger partial charge on any atom is -0.444 e. The Kier molecular flexibility index (Phi) is 10.6. The predicted octanol–water partition coefficient (Wildman–Crippen LogP) is 5.83. The van der Waals surface area contributed by atoms with Crippen molar-refractivity contribution in [1.82, 2.24) is 10.2 Å². The molecule has 0 radical (unpaired) electrons. The van der Waals surface area contributed by atoms with Crippen molar-refractivity contribution < 1.29 is 19.1 Å². The first-order valence-corrected chi connectivity index (χ1v) is 14.4. The van der Waals surface area contributed by atoms with Crippen LogP contribution >= 0.6 is 11.8 Å². The summed E-state index contributed by atoms with van der Waals surface area (Å²) in [4.78, 5) is 41.7. The highest BCUT2D eigenvalue weighted by molar-refractivity contribution is 7.98. The Morgan fingerprint density at radius 1 is 1.02 bits per heavy atom. The monoisotopic (exact) mass is 560 g/mol. The third kappa shape index (κ3) is 8.48. The van der Waals surface area contributed by atoms with E-state index in [1.165, 1.54) is 16.7 Å². The molecule has 210 valence electrons. The van der Waals surface area contributed by atoms with Crippen LogP contribution in [0.25, 0.3) is 10.8 Å². The van der Waals surface area contributed by atoms with E-state index in [1.807, 2.05) is 67.8 Å². The summed E-state index contributed by atoms with van der Waals surface area (Å²) in [5.41, 5.74) is 1.27. The van der Waals surface area contributed by atoms with Crippen LogP contribution in [0.5, 0.6) is 0 Å². The lowest BCUT2D eigenvalue weighted by Gasteiger charge is -2.33. The Hall–Kier alpha value is -4.03. The number of aryl methyl sites for hydroxylation is 1. The summed E-state index contributed by atoms with van der Waals surface area (Å²) in [6, 6.07) is 20.6. The fourth-order valence-corrected chi connectivity index (χ4v) is 4.78. The minimum atomic E-state index is -1.12. The molecule has 3 aromatic carbocycles. The molecule has 0 saturated heterocycles. The number of amides is 3. The van der Waals surface area contributed by atoms with Gasteiger partial charge in [-0.1, -0.05) is 60.2 Å². The van der Waals surface area contributed by atoms with Crippen molar-refractivity contribution in [1.29, 1.82) is 5.26 Å². The molecule has 8 nitrogen and oxygen atoms in total. The maximum Gasteiger partial charge on any atom is 0.408 e. The number of nitriles is 1. The van der Waals surface area contributed by atoms with Crippen LogP contribution in [-0.4, -0.2) is 53.0 Å². The lowest BCUT2D eigenvalue weighted by molar-refractivity contribution is -0.140. The van der Waals surface area contributed by atoms with E-state index in [0.29, 0.717) is 23.4 Å². The molecule has 0 bridgehead atoms. The van der Waals surface area contributed by atoms with Crippen molar-refractivity contribution in [3.8, 4) is 6.07 Å². The number of thioether (sulfide) groups is 1. The van der Waals surface area contributed by atoms with Gasteiger partial charge in [0.1, 0.15) is 24.2 Å². The lowest BCUT2D eigenvalue weighted by atomic mass is 10.00. The van der Waals surface area contributed by atoms with Gasteiger partial charge >= 0.3 is 6.09 Å². The molecule has 3 rings (SSSR count). The van der Waals surface area contributed by atoms with Gasteiger partial charge in [0, 0.05) is 5.69 Å². The van der Waals surface area contributed by atoms with Gasteiger partial charge in [-0.3, -0.25) is 9.59 Å². The summed E-state index contributed by atoms with van der Waals surface area (Å²) in [5, 5.41) is 17.3. The number of carbonyl (C=O) groups excluding carboxylic acids is 3. The average Bonchev–Trinajstić information content (AvgIpc) is 2.89. The topological polar surface area (TPSA) is 112 Å². The number of ether oxygens (including phenoxy) is 1. The third-order valence-corrected chi connectivity index (χ3v) is 6.70. The van der Waals surface area contributed by atoms with E-state index in [0.717, 1.165) is 16.3 Å².